The Bertz CT molecular complexity index is 527. The number of benzene rings is 1. The lowest BCUT2D eigenvalue weighted by Gasteiger charge is -2.42. The molecule has 2 fully saturated rings. The lowest BCUT2D eigenvalue weighted by atomic mass is 9.86. The number of ether oxygens (including phenoxy) is 1. The van der Waals surface area contributed by atoms with Crippen LogP contribution in [-0.4, -0.2) is 49.7 Å². The van der Waals surface area contributed by atoms with Gasteiger partial charge in [-0.1, -0.05) is 6.92 Å². The summed E-state index contributed by atoms with van der Waals surface area (Å²) in [5.41, 5.74) is 1.84. The van der Waals surface area contributed by atoms with E-state index in [2.05, 4.69) is 16.7 Å². The Morgan fingerprint density at radius 1 is 1.04 bits per heavy atom. The average molecular weight is 330 g/mol. The molecule has 1 saturated heterocycles. The molecule has 0 aromatic heterocycles. The molecule has 2 aliphatic rings. The number of nitrogens with zero attached hydrogens (tertiary/aromatic N) is 2. The number of hydrogen-bond donors (Lipinski definition) is 0. The van der Waals surface area contributed by atoms with Crippen LogP contribution in [0.2, 0.25) is 0 Å². The second-order valence-electron chi connectivity index (χ2n) is 7.20. The van der Waals surface area contributed by atoms with E-state index in [9.17, 15) is 4.79 Å². The molecule has 0 N–H and O–H groups in total. The molecule has 3 rings (SSSR count). The molecule has 1 aromatic carbocycles. The molecular weight excluding hydrogens is 300 g/mol. The first kappa shape index (κ1) is 17.3. The SMILES string of the molecule is CCOC(=O)c1ccc(N2CCN([C@H]3CC[C@H](C)CC3)CC2)cc1. The van der Waals surface area contributed by atoms with Gasteiger partial charge < -0.3 is 9.64 Å². The first-order chi connectivity index (χ1) is 11.7. The highest BCUT2D eigenvalue weighted by molar-refractivity contribution is 5.89. The predicted molar refractivity (Wildman–Crippen MR) is 97.6 cm³/mol. The first-order valence-corrected chi connectivity index (χ1v) is 9.43. The lowest BCUT2D eigenvalue weighted by Crippen LogP contribution is -2.51. The second kappa shape index (κ2) is 8.02. The Morgan fingerprint density at radius 2 is 1.67 bits per heavy atom. The summed E-state index contributed by atoms with van der Waals surface area (Å²) in [5, 5.41) is 0. The third-order valence-corrected chi connectivity index (χ3v) is 5.56. The number of rotatable bonds is 4. The van der Waals surface area contributed by atoms with Crippen molar-refractivity contribution in [2.24, 2.45) is 5.92 Å². The number of anilines is 1. The number of hydrogen-bond acceptors (Lipinski definition) is 4. The number of esters is 1. The largest absolute Gasteiger partial charge is 0.462 e. The number of carbonyl (C=O) groups excluding carboxylic acids is 1. The molecular formula is C20H30N2O2. The van der Waals surface area contributed by atoms with Gasteiger partial charge in [0.15, 0.2) is 0 Å². The Balaban J connectivity index is 1.52. The number of carbonyl (C=O) groups is 1. The maximum Gasteiger partial charge on any atom is 0.338 e. The minimum Gasteiger partial charge on any atom is -0.462 e. The van der Waals surface area contributed by atoms with Crippen molar-refractivity contribution in [3.05, 3.63) is 29.8 Å². The molecule has 0 bridgehead atoms. The van der Waals surface area contributed by atoms with E-state index in [1.807, 2.05) is 31.2 Å². The molecule has 1 saturated carbocycles. The van der Waals surface area contributed by atoms with Crippen LogP contribution in [-0.2, 0) is 4.74 Å². The zero-order valence-electron chi connectivity index (χ0n) is 15.0. The van der Waals surface area contributed by atoms with Gasteiger partial charge >= 0.3 is 5.97 Å². The monoisotopic (exact) mass is 330 g/mol. The van der Waals surface area contributed by atoms with E-state index < -0.39 is 0 Å². The van der Waals surface area contributed by atoms with Crippen molar-refractivity contribution in [2.45, 2.75) is 45.6 Å². The zero-order chi connectivity index (χ0) is 16.9. The van der Waals surface area contributed by atoms with Gasteiger partial charge in [-0.25, -0.2) is 4.79 Å². The van der Waals surface area contributed by atoms with Gasteiger partial charge in [0.25, 0.3) is 0 Å². The van der Waals surface area contributed by atoms with Crippen LogP contribution >= 0.6 is 0 Å². The molecule has 1 aliphatic carbocycles. The number of piperazine rings is 1. The van der Waals surface area contributed by atoms with Crippen molar-refractivity contribution < 1.29 is 9.53 Å². The van der Waals surface area contributed by atoms with Crippen LogP contribution < -0.4 is 4.90 Å². The van der Waals surface area contributed by atoms with Gasteiger partial charge in [0.2, 0.25) is 0 Å². The van der Waals surface area contributed by atoms with E-state index in [0.29, 0.717) is 12.2 Å². The molecule has 24 heavy (non-hydrogen) atoms. The van der Waals surface area contributed by atoms with Gasteiger partial charge in [-0.15, -0.1) is 0 Å². The van der Waals surface area contributed by atoms with Crippen molar-refractivity contribution in [2.75, 3.05) is 37.7 Å². The van der Waals surface area contributed by atoms with E-state index in [0.717, 1.165) is 38.1 Å². The summed E-state index contributed by atoms with van der Waals surface area (Å²) in [6, 6.07) is 8.65. The lowest BCUT2D eigenvalue weighted by molar-refractivity contribution is 0.0526. The normalized spacial score (nSPS) is 25.5. The van der Waals surface area contributed by atoms with E-state index in [1.165, 1.54) is 31.4 Å². The van der Waals surface area contributed by atoms with Gasteiger partial charge in [-0.3, -0.25) is 4.90 Å². The molecule has 1 aromatic rings. The molecule has 1 aliphatic heterocycles. The van der Waals surface area contributed by atoms with Crippen LogP contribution in [0, 0.1) is 5.92 Å². The Labute approximate surface area is 145 Å². The molecule has 0 unspecified atom stereocenters. The van der Waals surface area contributed by atoms with Crippen molar-refractivity contribution in [3.63, 3.8) is 0 Å². The standard InChI is InChI=1S/C20H30N2O2/c1-3-24-20(23)17-6-10-19(11-7-17)22-14-12-21(13-15-22)18-8-4-16(2)5-9-18/h6-7,10-11,16,18H,3-5,8-9,12-15H2,1-2H3/t16-,18-. The van der Waals surface area contributed by atoms with Crippen LogP contribution in [0.1, 0.15) is 49.9 Å². The van der Waals surface area contributed by atoms with Crippen LogP contribution in [0.4, 0.5) is 5.69 Å². The molecule has 0 spiro atoms. The van der Waals surface area contributed by atoms with E-state index in [1.54, 1.807) is 0 Å². The highest BCUT2D eigenvalue weighted by Gasteiger charge is 2.27. The van der Waals surface area contributed by atoms with Crippen LogP contribution in [0.3, 0.4) is 0 Å². The summed E-state index contributed by atoms with van der Waals surface area (Å²) in [6.45, 7) is 9.09. The Kier molecular flexibility index (Phi) is 5.77. The summed E-state index contributed by atoms with van der Waals surface area (Å²) >= 11 is 0. The van der Waals surface area contributed by atoms with Crippen molar-refractivity contribution in [1.29, 1.82) is 0 Å². The summed E-state index contributed by atoms with van der Waals surface area (Å²) in [5.74, 6) is 0.681. The summed E-state index contributed by atoms with van der Waals surface area (Å²) in [7, 11) is 0. The topological polar surface area (TPSA) is 32.8 Å². The Hall–Kier alpha value is -1.55. The quantitative estimate of drug-likeness (QED) is 0.790. The third-order valence-electron chi connectivity index (χ3n) is 5.56. The summed E-state index contributed by atoms with van der Waals surface area (Å²) < 4.78 is 5.04. The highest BCUT2D eigenvalue weighted by Crippen LogP contribution is 2.28. The third kappa shape index (κ3) is 4.10. The average Bonchev–Trinajstić information content (AvgIpc) is 2.63. The molecule has 0 atom stereocenters. The van der Waals surface area contributed by atoms with E-state index in [-0.39, 0.29) is 5.97 Å². The smallest absolute Gasteiger partial charge is 0.338 e. The zero-order valence-corrected chi connectivity index (χ0v) is 15.0. The van der Waals surface area contributed by atoms with E-state index >= 15 is 0 Å². The highest BCUT2D eigenvalue weighted by atomic mass is 16.5. The molecule has 4 nitrogen and oxygen atoms in total. The van der Waals surface area contributed by atoms with Crippen molar-refractivity contribution in [3.8, 4) is 0 Å². The minimum absolute atomic E-state index is 0.236. The van der Waals surface area contributed by atoms with Gasteiger partial charge in [-0.2, -0.15) is 0 Å². The predicted octanol–water partition coefficient (Wildman–Crippen LogP) is 3.56. The molecule has 132 valence electrons. The molecule has 0 amide bonds. The van der Waals surface area contributed by atoms with Crippen LogP contribution in [0.25, 0.3) is 0 Å². The first-order valence-electron chi connectivity index (χ1n) is 9.43. The van der Waals surface area contributed by atoms with Gasteiger partial charge in [0.1, 0.15) is 0 Å². The maximum atomic E-state index is 11.7. The maximum absolute atomic E-state index is 11.7. The molecule has 4 heteroatoms. The second-order valence-corrected chi connectivity index (χ2v) is 7.20. The summed E-state index contributed by atoms with van der Waals surface area (Å²) in [4.78, 5) is 16.8. The van der Waals surface area contributed by atoms with Crippen LogP contribution in [0.15, 0.2) is 24.3 Å². The van der Waals surface area contributed by atoms with Crippen molar-refractivity contribution in [1.82, 2.24) is 4.90 Å². The minimum atomic E-state index is -0.236. The van der Waals surface area contributed by atoms with Gasteiger partial charge in [0, 0.05) is 37.9 Å². The summed E-state index contributed by atoms with van der Waals surface area (Å²) in [6.07, 6.45) is 5.52. The fourth-order valence-electron chi connectivity index (χ4n) is 3.98. The van der Waals surface area contributed by atoms with Crippen LogP contribution in [0.5, 0.6) is 0 Å². The van der Waals surface area contributed by atoms with Gasteiger partial charge in [0.05, 0.1) is 12.2 Å². The van der Waals surface area contributed by atoms with Crippen molar-refractivity contribution >= 4 is 11.7 Å². The Morgan fingerprint density at radius 3 is 2.25 bits per heavy atom. The fraction of sp³-hybridized carbons (Fsp3) is 0.650. The van der Waals surface area contributed by atoms with Gasteiger partial charge in [-0.05, 0) is 62.8 Å². The fourth-order valence-corrected chi connectivity index (χ4v) is 3.98. The molecule has 1 heterocycles. The van der Waals surface area contributed by atoms with E-state index in [4.69, 9.17) is 4.74 Å². The molecule has 0 radical (unpaired) electrons.